The third-order valence-corrected chi connectivity index (χ3v) is 6.77. The third kappa shape index (κ3) is 5.01. The molecule has 5 nitrogen and oxygen atoms in total. The molecule has 1 N–H and O–H groups in total. The van der Waals surface area contributed by atoms with Gasteiger partial charge in [-0.1, -0.05) is 32.0 Å². The topological polar surface area (TPSA) is 50.0 Å². The summed E-state index contributed by atoms with van der Waals surface area (Å²) < 4.78 is 8.13. The smallest absolute Gasteiger partial charge is 0.215 e. The molecule has 0 radical (unpaired) electrons. The summed E-state index contributed by atoms with van der Waals surface area (Å²) >= 11 is 6.90. The van der Waals surface area contributed by atoms with E-state index in [-0.39, 0.29) is 5.88 Å². The Morgan fingerprint density at radius 2 is 1.88 bits per heavy atom. The molecule has 0 saturated carbocycles. The van der Waals surface area contributed by atoms with Crippen LogP contribution in [0.15, 0.2) is 59.2 Å². The summed E-state index contributed by atoms with van der Waals surface area (Å²) in [7, 11) is 0. The Morgan fingerprint density at radius 3 is 2.59 bits per heavy atom. The molecule has 2 aromatic carbocycles. The number of nitrogens with zero attached hydrogens (tertiary/aromatic N) is 3. The number of ether oxygens (including phenoxy) is 1. The van der Waals surface area contributed by atoms with Crippen molar-refractivity contribution < 1.29 is 9.84 Å². The van der Waals surface area contributed by atoms with Crippen LogP contribution in [0.5, 0.6) is 11.6 Å². The first-order valence-corrected chi connectivity index (χ1v) is 12.1. The molecule has 0 unspecified atom stereocenters. The molecule has 0 amide bonds. The molecule has 0 atom stereocenters. The van der Waals surface area contributed by atoms with Crippen molar-refractivity contribution in [2.75, 3.05) is 26.2 Å². The van der Waals surface area contributed by atoms with Crippen LogP contribution in [0.4, 0.5) is 0 Å². The van der Waals surface area contributed by atoms with Gasteiger partial charge in [-0.25, -0.2) is 4.99 Å². The predicted octanol–water partition coefficient (Wildman–Crippen LogP) is 4.54. The monoisotopic (exact) mass is 465 g/mol. The van der Waals surface area contributed by atoms with Crippen LogP contribution in [0, 0.1) is 3.95 Å². The molecular weight excluding hydrogens is 438 g/mol. The lowest BCUT2D eigenvalue weighted by molar-refractivity contribution is 0.249. The summed E-state index contributed by atoms with van der Waals surface area (Å²) in [4.78, 5) is 7.68. The third-order valence-electron chi connectivity index (χ3n) is 5.46. The van der Waals surface area contributed by atoms with Gasteiger partial charge in [-0.2, -0.15) is 0 Å². The number of benzene rings is 2. The standard InChI is InChI=1S/C25H27N3O2S2/c1-3-27(4-2)14-7-15-30-21-12-10-20(11-13-21)28-24(29)23(32-25(28)31)17-19-16-18-8-5-6-9-22(18)26-19/h5-6,8-13,16-17,29H,3-4,7,14-15H2,1-2H3/b19-17+. The van der Waals surface area contributed by atoms with Crippen LogP contribution in [0.2, 0.25) is 0 Å². The van der Waals surface area contributed by atoms with Crippen LogP contribution in [0.25, 0.3) is 17.8 Å². The number of hydrogen-bond acceptors (Lipinski definition) is 6. The minimum atomic E-state index is 0.125. The molecule has 7 heteroatoms. The number of hydrogen-bond donors (Lipinski definition) is 1. The van der Waals surface area contributed by atoms with E-state index in [1.165, 1.54) is 11.3 Å². The Kier molecular flexibility index (Phi) is 7.19. The molecule has 4 rings (SSSR count). The maximum Gasteiger partial charge on any atom is 0.215 e. The first-order chi connectivity index (χ1) is 15.6. The van der Waals surface area contributed by atoms with Crippen LogP contribution < -0.4 is 15.3 Å². The quantitative estimate of drug-likeness (QED) is 0.372. The van der Waals surface area contributed by atoms with Crippen molar-refractivity contribution in [2.45, 2.75) is 20.3 Å². The van der Waals surface area contributed by atoms with Gasteiger partial charge in [0.2, 0.25) is 5.88 Å². The van der Waals surface area contributed by atoms with Crippen LogP contribution in [0.3, 0.4) is 0 Å². The Bertz CT molecular complexity index is 1250. The van der Waals surface area contributed by atoms with Crippen molar-refractivity contribution in [3.63, 3.8) is 0 Å². The summed E-state index contributed by atoms with van der Waals surface area (Å²) in [6, 6.07) is 15.6. The van der Waals surface area contributed by atoms with E-state index < -0.39 is 0 Å². The van der Waals surface area contributed by atoms with Crippen molar-refractivity contribution in [1.82, 2.24) is 9.47 Å². The van der Waals surface area contributed by atoms with Gasteiger partial charge >= 0.3 is 0 Å². The van der Waals surface area contributed by atoms with Gasteiger partial charge < -0.3 is 14.7 Å². The Hall–Kier alpha value is -2.74. The van der Waals surface area contributed by atoms with E-state index in [0.29, 0.717) is 15.4 Å². The number of rotatable bonds is 9. The molecular formula is C25H27N3O2S2. The molecule has 1 aliphatic rings. The Morgan fingerprint density at radius 1 is 1.12 bits per heavy atom. The Balaban J connectivity index is 1.47. The lowest BCUT2D eigenvalue weighted by Crippen LogP contribution is -2.25. The van der Waals surface area contributed by atoms with Crippen molar-refractivity contribution in [1.29, 1.82) is 0 Å². The second kappa shape index (κ2) is 10.3. The maximum atomic E-state index is 10.9. The lowest BCUT2D eigenvalue weighted by atomic mass is 10.2. The predicted molar refractivity (Wildman–Crippen MR) is 134 cm³/mol. The van der Waals surface area contributed by atoms with Crippen LogP contribution >= 0.6 is 23.6 Å². The normalized spacial score (nSPS) is 13.8. The minimum absolute atomic E-state index is 0.125. The zero-order chi connectivity index (χ0) is 22.5. The van der Waals surface area contributed by atoms with Gasteiger partial charge in [0.05, 0.1) is 28.2 Å². The number of para-hydroxylation sites is 1. The fourth-order valence-electron chi connectivity index (χ4n) is 3.66. The van der Waals surface area contributed by atoms with Crippen molar-refractivity contribution in [3.8, 4) is 17.3 Å². The molecule has 0 bridgehead atoms. The molecule has 1 aromatic heterocycles. The average molecular weight is 466 g/mol. The average Bonchev–Trinajstić information content (AvgIpc) is 3.34. The zero-order valence-corrected chi connectivity index (χ0v) is 20.0. The molecule has 0 saturated heterocycles. The SMILES string of the molecule is CCN(CC)CCCOc1ccc(-n2c(O)c(/C=C3\C=c4ccccc4=N3)sc2=S)cc1. The van der Waals surface area contributed by atoms with Gasteiger partial charge in [0.25, 0.3) is 0 Å². The van der Waals surface area contributed by atoms with Gasteiger partial charge in [-0.15, -0.1) is 11.3 Å². The number of fused-ring (bicyclic) bond motifs is 1. The van der Waals surface area contributed by atoms with Crippen molar-refractivity contribution >= 4 is 35.7 Å². The lowest BCUT2D eigenvalue weighted by Gasteiger charge is -2.17. The van der Waals surface area contributed by atoms with E-state index in [9.17, 15) is 5.11 Å². The first kappa shape index (κ1) is 22.5. The Labute approximate surface area is 197 Å². The van der Waals surface area contributed by atoms with Crippen molar-refractivity contribution in [2.24, 2.45) is 4.99 Å². The fraction of sp³-hybridized carbons (Fsp3) is 0.280. The van der Waals surface area contributed by atoms with Gasteiger partial charge in [-0.3, -0.25) is 4.57 Å². The highest BCUT2D eigenvalue weighted by atomic mass is 32.1. The number of aromatic hydroxyl groups is 1. The highest BCUT2D eigenvalue weighted by molar-refractivity contribution is 7.73. The largest absolute Gasteiger partial charge is 0.494 e. The molecule has 3 aromatic rings. The number of allylic oxidation sites excluding steroid dienone is 1. The minimum Gasteiger partial charge on any atom is -0.494 e. The molecule has 0 aliphatic carbocycles. The molecule has 166 valence electrons. The second-order valence-corrected chi connectivity index (χ2v) is 9.17. The van der Waals surface area contributed by atoms with Crippen molar-refractivity contribution in [3.05, 3.63) is 73.6 Å². The fourth-order valence-corrected chi connectivity index (χ4v) is 4.96. The molecule has 1 aliphatic heterocycles. The van der Waals surface area contributed by atoms with Gasteiger partial charge in [0.15, 0.2) is 3.95 Å². The van der Waals surface area contributed by atoms with Gasteiger partial charge in [0.1, 0.15) is 5.75 Å². The van der Waals surface area contributed by atoms with Crippen LogP contribution in [0.1, 0.15) is 25.1 Å². The summed E-state index contributed by atoms with van der Waals surface area (Å²) in [5.74, 6) is 0.939. The molecule has 0 fully saturated rings. The summed E-state index contributed by atoms with van der Waals surface area (Å²) in [6.07, 6.45) is 4.87. The van der Waals surface area contributed by atoms with E-state index >= 15 is 0 Å². The zero-order valence-electron chi connectivity index (χ0n) is 18.3. The van der Waals surface area contributed by atoms with E-state index in [1.807, 2.05) is 60.7 Å². The maximum absolute atomic E-state index is 10.9. The second-order valence-electron chi connectivity index (χ2n) is 7.50. The molecule has 32 heavy (non-hydrogen) atoms. The first-order valence-electron chi connectivity index (χ1n) is 10.9. The van der Waals surface area contributed by atoms with E-state index in [4.69, 9.17) is 17.0 Å². The highest BCUT2D eigenvalue weighted by Gasteiger charge is 2.13. The van der Waals surface area contributed by atoms with E-state index in [0.717, 1.165) is 53.8 Å². The summed E-state index contributed by atoms with van der Waals surface area (Å²) in [6.45, 7) is 8.20. The molecule has 0 spiro atoms. The summed E-state index contributed by atoms with van der Waals surface area (Å²) in [5.41, 5.74) is 1.61. The van der Waals surface area contributed by atoms with Crippen LogP contribution in [-0.2, 0) is 0 Å². The highest BCUT2D eigenvalue weighted by Crippen LogP contribution is 2.32. The van der Waals surface area contributed by atoms with Gasteiger partial charge in [0, 0.05) is 11.8 Å². The van der Waals surface area contributed by atoms with Gasteiger partial charge in [-0.05, 0) is 74.2 Å². The van der Waals surface area contributed by atoms with E-state index in [2.05, 4.69) is 23.7 Å². The van der Waals surface area contributed by atoms with E-state index in [1.54, 1.807) is 4.57 Å². The summed E-state index contributed by atoms with van der Waals surface area (Å²) in [5, 5.41) is 12.9. The molecule has 2 heterocycles. The number of aromatic nitrogens is 1. The number of thiazole rings is 1. The van der Waals surface area contributed by atoms with Crippen LogP contribution in [-0.4, -0.2) is 40.8 Å².